The third kappa shape index (κ3) is 6.15. The van der Waals surface area contributed by atoms with Gasteiger partial charge < -0.3 is 0 Å². The molecular formula is C12H15Cl4N. The highest BCUT2D eigenvalue weighted by Gasteiger charge is 2.22. The van der Waals surface area contributed by atoms with Crippen LogP contribution in [0.25, 0.3) is 0 Å². The number of rotatable bonds is 3. The smallest absolute Gasteiger partial charge is 0.196 e. The first kappa shape index (κ1) is 15.4. The van der Waals surface area contributed by atoms with Crippen molar-refractivity contribution in [1.82, 2.24) is 0 Å². The van der Waals surface area contributed by atoms with E-state index in [1.807, 2.05) is 25.3 Å². The van der Waals surface area contributed by atoms with Crippen molar-refractivity contribution in [2.75, 3.05) is 0 Å². The quantitative estimate of drug-likeness (QED) is 0.627. The molecule has 0 aromatic heterocycles. The Morgan fingerprint density at radius 1 is 1.35 bits per heavy atom. The number of alkyl halides is 4. The molecule has 17 heavy (non-hydrogen) atoms. The number of allylic oxidation sites excluding steroid dienone is 4. The van der Waals surface area contributed by atoms with Gasteiger partial charge in [-0.05, 0) is 19.4 Å². The van der Waals surface area contributed by atoms with E-state index in [0.717, 1.165) is 12.1 Å². The van der Waals surface area contributed by atoms with Crippen molar-refractivity contribution >= 4 is 52.6 Å². The minimum Gasteiger partial charge on any atom is -0.265 e. The minimum atomic E-state index is -1.30. The molecule has 0 aliphatic carbocycles. The molecule has 96 valence electrons. The highest BCUT2D eigenvalue weighted by atomic mass is 35.6. The van der Waals surface area contributed by atoms with Crippen molar-refractivity contribution in [3.63, 3.8) is 0 Å². The molecule has 1 aliphatic heterocycles. The first-order valence-corrected chi connectivity index (χ1v) is 6.99. The molecule has 0 fully saturated rings. The first-order valence-electron chi connectivity index (χ1n) is 5.42. The Balaban J connectivity index is 2.81. The van der Waals surface area contributed by atoms with Crippen LogP contribution in [0.2, 0.25) is 0 Å². The van der Waals surface area contributed by atoms with Gasteiger partial charge >= 0.3 is 0 Å². The van der Waals surface area contributed by atoms with Crippen LogP contribution in [0.3, 0.4) is 0 Å². The predicted molar refractivity (Wildman–Crippen MR) is 78.7 cm³/mol. The van der Waals surface area contributed by atoms with Crippen LogP contribution in [-0.4, -0.2) is 15.4 Å². The summed E-state index contributed by atoms with van der Waals surface area (Å²) in [5.74, 6) is 0.264. The molecule has 0 N–H and O–H groups in total. The van der Waals surface area contributed by atoms with E-state index < -0.39 is 3.79 Å². The Morgan fingerprint density at radius 2 is 2.00 bits per heavy atom. The molecule has 1 heterocycles. The zero-order chi connectivity index (χ0) is 13.1. The maximum atomic E-state index is 6.00. The summed E-state index contributed by atoms with van der Waals surface area (Å²) in [6, 6.07) is 0. The van der Waals surface area contributed by atoms with Crippen molar-refractivity contribution in [3.05, 3.63) is 23.4 Å². The SMILES string of the molecule is CC(Cl)CC1=CC=C(CC(Cl)(Cl)Cl)N=CC1C. The summed E-state index contributed by atoms with van der Waals surface area (Å²) in [7, 11) is 0. The Labute approximate surface area is 122 Å². The summed E-state index contributed by atoms with van der Waals surface area (Å²) in [6.45, 7) is 4.06. The number of hydrogen-bond acceptors (Lipinski definition) is 1. The van der Waals surface area contributed by atoms with Gasteiger partial charge in [-0.15, -0.1) is 11.6 Å². The maximum absolute atomic E-state index is 6.00. The average molecular weight is 315 g/mol. The molecule has 0 aromatic rings. The highest BCUT2D eigenvalue weighted by Crippen LogP contribution is 2.34. The fourth-order valence-electron chi connectivity index (χ4n) is 1.59. The number of hydrogen-bond donors (Lipinski definition) is 0. The van der Waals surface area contributed by atoms with Crippen molar-refractivity contribution in [2.45, 2.75) is 35.9 Å². The van der Waals surface area contributed by atoms with Crippen LogP contribution in [-0.2, 0) is 0 Å². The normalized spacial score (nSPS) is 22.8. The summed E-state index contributed by atoms with van der Waals surface area (Å²) >= 11 is 23.3. The summed E-state index contributed by atoms with van der Waals surface area (Å²) in [6.07, 6.45) is 6.95. The van der Waals surface area contributed by atoms with Gasteiger partial charge in [-0.2, -0.15) is 0 Å². The highest BCUT2D eigenvalue weighted by molar-refractivity contribution is 6.67. The summed E-state index contributed by atoms with van der Waals surface area (Å²) in [5.41, 5.74) is 2.02. The minimum absolute atomic E-state index is 0.111. The molecule has 0 radical (unpaired) electrons. The molecule has 0 spiro atoms. The molecule has 5 heteroatoms. The standard InChI is InChI=1S/C12H15Cl4N/c1-8-7-17-11(6-12(14,15)16)4-3-10(8)5-9(2)13/h3-4,7-9H,5-6H2,1-2H3. The van der Waals surface area contributed by atoms with Crippen molar-refractivity contribution in [2.24, 2.45) is 10.9 Å². The molecule has 2 unspecified atom stereocenters. The summed E-state index contributed by atoms with van der Waals surface area (Å²) < 4.78 is -1.30. The van der Waals surface area contributed by atoms with E-state index in [2.05, 4.69) is 11.9 Å². The van der Waals surface area contributed by atoms with Gasteiger partial charge in [-0.25, -0.2) is 0 Å². The second kappa shape index (κ2) is 6.47. The van der Waals surface area contributed by atoms with Gasteiger partial charge in [-0.3, -0.25) is 4.99 Å². The van der Waals surface area contributed by atoms with E-state index in [4.69, 9.17) is 46.4 Å². The van der Waals surface area contributed by atoms with E-state index in [1.54, 1.807) is 0 Å². The molecule has 1 rings (SSSR count). The monoisotopic (exact) mass is 313 g/mol. The topological polar surface area (TPSA) is 12.4 Å². The van der Waals surface area contributed by atoms with Gasteiger partial charge in [0.05, 0.1) is 0 Å². The van der Waals surface area contributed by atoms with E-state index in [9.17, 15) is 0 Å². The maximum Gasteiger partial charge on any atom is 0.196 e. The third-order valence-corrected chi connectivity index (χ3v) is 2.99. The molecular weight excluding hydrogens is 300 g/mol. The molecule has 0 saturated heterocycles. The lowest BCUT2D eigenvalue weighted by Gasteiger charge is -2.11. The van der Waals surface area contributed by atoms with E-state index in [-0.39, 0.29) is 11.3 Å². The Hall–Kier alpha value is 0.310. The summed E-state index contributed by atoms with van der Waals surface area (Å²) in [5, 5.41) is 0.111. The van der Waals surface area contributed by atoms with Gasteiger partial charge in [0.25, 0.3) is 0 Å². The fraction of sp³-hybridized carbons (Fsp3) is 0.583. The van der Waals surface area contributed by atoms with E-state index >= 15 is 0 Å². The van der Waals surface area contributed by atoms with Gasteiger partial charge in [-0.1, -0.05) is 53.4 Å². The van der Waals surface area contributed by atoms with E-state index in [1.165, 1.54) is 5.57 Å². The Bertz CT molecular complexity index is 350. The molecule has 1 nitrogen and oxygen atoms in total. The van der Waals surface area contributed by atoms with Crippen LogP contribution in [0.5, 0.6) is 0 Å². The second-order valence-corrected chi connectivity index (χ2v) is 7.50. The largest absolute Gasteiger partial charge is 0.265 e. The van der Waals surface area contributed by atoms with Crippen LogP contribution in [0.1, 0.15) is 26.7 Å². The first-order chi connectivity index (χ1) is 7.78. The number of halogens is 4. The van der Waals surface area contributed by atoms with Crippen LogP contribution < -0.4 is 0 Å². The molecule has 0 amide bonds. The Morgan fingerprint density at radius 3 is 2.53 bits per heavy atom. The number of nitrogens with zero attached hydrogens (tertiary/aromatic N) is 1. The van der Waals surface area contributed by atoms with Crippen LogP contribution in [0, 0.1) is 5.92 Å². The van der Waals surface area contributed by atoms with Gasteiger partial charge in [0, 0.05) is 29.6 Å². The van der Waals surface area contributed by atoms with Crippen molar-refractivity contribution in [3.8, 4) is 0 Å². The molecule has 0 bridgehead atoms. The lowest BCUT2D eigenvalue weighted by atomic mass is 9.98. The zero-order valence-electron chi connectivity index (χ0n) is 9.76. The van der Waals surface area contributed by atoms with Crippen LogP contribution in [0.15, 0.2) is 28.4 Å². The Kier molecular flexibility index (Phi) is 5.85. The molecule has 1 aliphatic rings. The van der Waals surface area contributed by atoms with Crippen LogP contribution >= 0.6 is 46.4 Å². The number of aliphatic imine (C=N–C) groups is 1. The zero-order valence-corrected chi connectivity index (χ0v) is 12.8. The molecule has 0 saturated carbocycles. The van der Waals surface area contributed by atoms with E-state index in [0.29, 0.717) is 6.42 Å². The predicted octanol–water partition coefficient (Wildman–Crippen LogP) is 5.29. The lowest BCUT2D eigenvalue weighted by molar-refractivity contribution is 0.805. The van der Waals surface area contributed by atoms with Crippen LogP contribution in [0.4, 0.5) is 0 Å². The lowest BCUT2D eigenvalue weighted by Crippen LogP contribution is -2.05. The second-order valence-electron chi connectivity index (χ2n) is 4.24. The van der Waals surface area contributed by atoms with Crippen molar-refractivity contribution in [1.29, 1.82) is 0 Å². The fourth-order valence-corrected chi connectivity index (χ4v) is 2.18. The van der Waals surface area contributed by atoms with Gasteiger partial charge in [0.1, 0.15) is 0 Å². The van der Waals surface area contributed by atoms with Crippen molar-refractivity contribution < 1.29 is 0 Å². The summed E-state index contributed by atoms with van der Waals surface area (Å²) in [4.78, 5) is 4.33. The van der Waals surface area contributed by atoms with Gasteiger partial charge in [0.2, 0.25) is 0 Å². The molecule has 0 aromatic carbocycles. The molecule has 2 atom stereocenters. The van der Waals surface area contributed by atoms with Gasteiger partial charge in [0.15, 0.2) is 3.79 Å². The average Bonchev–Trinajstić information content (AvgIpc) is 2.30. The third-order valence-electron chi connectivity index (χ3n) is 2.44.